The number of likely N-dealkylation sites (tertiary alicyclic amines) is 1. The molecule has 192 valence electrons. The molecule has 5 heterocycles. The van der Waals surface area contributed by atoms with Crippen LogP contribution < -0.4 is 10.0 Å². The molecule has 5 atom stereocenters. The van der Waals surface area contributed by atoms with Crippen molar-refractivity contribution in [2.45, 2.75) is 62.8 Å². The van der Waals surface area contributed by atoms with Gasteiger partial charge in [0.25, 0.3) is 10.0 Å². The van der Waals surface area contributed by atoms with Crippen molar-refractivity contribution < 1.29 is 31.2 Å². The van der Waals surface area contributed by atoms with Crippen molar-refractivity contribution in [3.63, 3.8) is 0 Å². The molecule has 0 spiro atoms. The Hall–Kier alpha value is -1.87. The number of piperidine rings is 1. The number of hydrogen-bond donors (Lipinski definition) is 2. The maximum Gasteiger partial charge on any atom is 0.287 e. The minimum absolute atomic E-state index is 0.143. The van der Waals surface area contributed by atoms with Crippen LogP contribution in [-0.2, 0) is 40.9 Å². The van der Waals surface area contributed by atoms with Crippen LogP contribution in [0.3, 0.4) is 0 Å². The first-order valence-electron chi connectivity index (χ1n) is 11.5. The summed E-state index contributed by atoms with van der Waals surface area (Å²) in [5.74, 6) is -2.52. The van der Waals surface area contributed by atoms with Gasteiger partial charge in [0.2, 0.25) is 15.9 Å². The van der Waals surface area contributed by atoms with Gasteiger partial charge in [-0.2, -0.15) is 8.42 Å². The fourth-order valence-corrected chi connectivity index (χ4v) is 8.52. The van der Waals surface area contributed by atoms with E-state index in [2.05, 4.69) is 28.3 Å². The highest BCUT2D eigenvalue weighted by Gasteiger charge is 2.62. The van der Waals surface area contributed by atoms with Crippen LogP contribution in [0, 0.1) is 17.8 Å². The predicted octanol–water partition coefficient (Wildman–Crippen LogP) is 0.930. The lowest BCUT2D eigenvalue weighted by atomic mass is 9.73. The molecule has 1 aromatic rings. The summed E-state index contributed by atoms with van der Waals surface area (Å²) in [7, 11) is -7.81. The topological polar surface area (TPSA) is 151 Å². The van der Waals surface area contributed by atoms with Crippen molar-refractivity contribution in [1.29, 1.82) is 0 Å². The molecule has 5 rings (SSSR count). The van der Waals surface area contributed by atoms with Gasteiger partial charge in [-0.3, -0.25) is 9.59 Å². The molecule has 11 nitrogen and oxygen atoms in total. The average molecular weight is 545 g/mol. The molecule has 4 aliphatic heterocycles. The van der Waals surface area contributed by atoms with Crippen LogP contribution in [0.25, 0.3) is 0 Å². The van der Waals surface area contributed by atoms with Gasteiger partial charge in [-0.15, -0.1) is 15.7 Å². The zero-order chi connectivity index (χ0) is 25.3. The Morgan fingerprint density at radius 3 is 2.69 bits per heavy atom. The molecular weight excluding hydrogens is 516 g/mol. The molecule has 35 heavy (non-hydrogen) atoms. The van der Waals surface area contributed by atoms with E-state index in [-0.39, 0.29) is 51.9 Å². The summed E-state index contributed by atoms with van der Waals surface area (Å²) in [6.45, 7) is 4.35. The zero-order valence-corrected chi connectivity index (χ0v) is 22.0. The number of fused-ring (bicyclic) bond motifs is 6. The fraction of sp³-hybridized carbons (Fsp3) is 0.667. The lowest BCUT2D eigenvalue weighted by Gasteiger charge is -2.44. The number of carbonyl (C=O) groups excluding carboxylic acids is 2. The molecule has 0 aromatic carbocycles. The number of amidine groups is 1. The molecule has 0 aliphatic carbocycles. The van der Waals surface area contributed by atoms with Crippen LogP contribution in [0.4, 0.5) is 5.00 Å². The standard InChI is InChI=1S/C21H28N4O7S3/c1-10(2)6-7-25-16-13-5-4-12(32-13)14(16)17(26)15(21(25)27)19-23-20-18(35(30,31)24-19)11(9-33-20)8-22-34(3,28)29/h9-10,12-16,22H,4-8H2,1-3H3,(H,23,24). The minimum Gasteiger partial charge on any atom is -0.372 e. The van der Waals surface area contributed by atoms with E-state index in [4.69, 9.17) is 4.74 Å². The lowest BCUT2D eigenvalue weighted by Crippen LogP contribution is -2.63. The summed E-state index contributed by atoms with van der Waals surface area (Å²) >= 11 is 1.05. The second-order valence-electron chi connectivity index (χ2n) is 9.95. The van der Waals surface area contributed by atoms with Gasteiger partial charge in [0.1, 0.15) is 15.7 Å². The number of amides is 1. The largest absolute Gasteiger partial charge is 0.372 e. The van der Waals surface area contributed by atoms with E-state index < -0.39 is 37.8 Å². The molecule has 2 bridgehead atoms. The molecule has 1 amide bonds. The number of ketones is 1. The maximum absolute atomic E-state index is 13.7. The maximum atomic E-state index is 13.7. The smallest absolute Gasteiger partial charge is 0.287 e. The van der Waals surface area contributed by atoms with E-state index in [1.165, 1.54) is 5.38 Å². The number of rotatable bonds is 7. The van der Waals surface area contributed by atoms with Crippen molar-refractivity contribution in [2.24, 2.45) is 22.2 Å². The third-order valence-electron chi connectivity index (χ3n) is 7.02. The number of hydrogen-bond acceptors (Lipinski definition) is 9. The van der Waals surface area contributed by atoms with Gasteiger partial charge in [0, 0.05) is 18.7 Å². The summed E-state index contributed by atoms with van der Waals surface area (Å²) in [6, 6.07) is -0.324. The third kappa shape index (κ3) is 4.32. The third-order valence-corrected chi connectivity index (χ3v) is 10.2. The van der Waals surface area contributed by atoms with Gasteiger partial charge in [0.05, 0.1) is 30.4 Å². The molecule has 0 radical (unpaired) electrons. The molecule has 3 saturated heterocycles. The minimum atomic E-state index is -4.27. The van der Waals surface area contributed by atoms with E-state index in [0.29, 0.717) is 12.5 Å². The molecule has 4 aliphatic rings. The SMILES string of the molecule is CC(C)CCN1C(=O)C(C2=NS(=O)(=O)c3c(CNS(C)(=O)=O)csc3N2)C(=O)C2C3CCC(O3)C21. The molecule has 0 saturated carbocycles. The Bertz CT molecular complexity index is 1320. The van der Waals surface area contributed by atoms with Crippen molar-refractivity contribution >= 4 is 53.9 Å². The van der Waals surface area contributed by atoms with Crippen LogP contribution in [0.15, 0.2) is 14.7 Å². The van der Waals surface area contributed by atoms with Crippen molar-refractivity contribution in [1.82, 2.24) is 9.62 Å². The first-order chi connectivity index (χ1) is 16.4. The van der Waals surface area contributed by atoms with Crippen LogP contribution in [0.1, 0.15) is 38.7 Å². The Morgan fingerprint density at radius 2 is 2.00 bits per heavy atom. The highest BCUT2D eigenvalue weighted by Crippen LogP contribution is 2.47. The number of carbonyl (C=O) groups is 2. The summed E-state index contributed by atoms with van der Waals surface area (Å²) in [5.41, 5.74) is 0.243. The Balaban J connectivity index is 1.48. The summed E-state index contributed by atoms with van der Waals surface area (Å²) in [6.07, 6.45) is 2.81. The van der Waals surface area contributed by atoms with Gasteiger partial charge in [-0.1, -0.05) is 13.8 Å². The fourth-order valence-electron chi connectivity index (χ4n) is 5.46. The second kappa shape index (κ2) is 8.61. The number of thiophene rings is 1. The quantitative estimate of drug-likeness (QED) is 0.481. The van der Waals surface area contributed by atoms with E-state index in [1.54, 1.807) is 4.90 Å². The molecule has 3 fully saturated rings. The van der Waals surface area contributed by atoms with Crippen LogP contribution in [0.5, 0.6) is 0 Å². The summed E-state index contributed by atoms with van der Waals surface area (Å²) in [4.78, 5) is 28.9. The normalized spacial score (nSPS) is 31.4. The zero-order valence-electron chi connectivity index (χ0n) is 19.6. The van der Waals surface area contributed by atoms with Gasteiger partial charge in [-0.05, 0) is 30.6 Å². The molecule has 5 unspecified atom stereocenters. The molecular formula is C21H28N4O7S3. The number of Topliss-reactive ketones (excluding diaryl/α,β-unsaturated/α-hetero) is 1. The number of ether oxygens (including phenoxy) is 1. The van der Waals surface area contributed by atoms with Gasteiger partial charge in [0.15, 0.2) is 11.7 Å². The van der Waals surface area contributed by atoms with Crippen LogP contribution in [0.2, 0.25) is 0 Å². The number of sulfonamides is 2. The summed E-state index contributed by atoms with van der Waals surface area (Å²) in [5, 5.41) is 4.64. The Morgan fingerprint density at radius 1 is 1.29 bits per heavy atom. The van der Waals surface area contributed by atoms with E-state index in [1.807, 2.05) is 0 Å². The predicted molar refractivity (Wildman–Crippen MR) is 129 cm³/mol. The van der Waals surface area contributed by atoms with Gasteiger partial charge < -0.3 is 15.0 Å². The van der Waals surface area contributed by atoms with E-state index >= 15 is 0 Å². The molecule has 14 heteroatoms. The first kappa shape index (κ1) is 24.8. The number of anilines is 1. The van der Waals surface area contributed by atoms with E-state index in [0.717, 1.165) is 36.9 Å². The number of nitrogens with one attached hydrogen (secondary N) is 2. The van der Waals surface area contributed by atoms with Crippen molar-refractivity contribution in [3.8, 4) is 0 Å². The van der Waals surface area contributed by atoms with Crippen molar-refractivity contribution in [3.05, 3.63) is 10.9 Å². The number of nitrogens with zero attached hydrogens (tertiary/aromatic N) is 2. The highest BCUT2D eigenvalue weighted by atomic mass is 32.2. The first-order valence-corrected chi connectivity index (χ1v) is 15.7. The highest BCUT2D eigenvalue weighted by molar-refractivity contribution is 7.91. The summed E-state index contributed by atoms with van der Waals surface area (Å²) < 4.78 is 61.4. The Labute approximate surface area is 208 Å². The second-order valence-corrected chi connectivity index (χ2v) is 14.2. The van der Waals surface area contributed by atoms with Crippen LogP contribution in [-0.4, -0.2) is 70.3 Å². The average Bonchev–Trinajstić information content (AvgIpc) is 3.46. The van der Waals surface area contributed by atoms with E-state index in [9.17, 15) is 26.4 Å². The van der Waals surface area contributed by atoms with Gasteiger partial charge in [-0.25, -0.2) is 13.1 Å². The van der Waals surface area contributed by atoms with Crippen LogP contribution >= 0.6 is 11.3 Å². The Kier molecular flexibility index (Phi) is 6.10. The molecule has 1 aromatic heterocycles. The van der Waals surface area contributed by atoms with Crippen molar-refractivity contribution in [2.75, 3.05) is 18.1 Å². The lowest BCUT2D eigenvalue weighted by molar-refractivity contribution is -0.150. The van der Waals surface area contributed by atoms with Gasteiger partial charge >= 0.3 is 0 Å². The monoisotopic (exact) mass is 544 g/mol. The molecule has 2 N–H and O–H groups in total.